The Morgan fingerprint density at radius 2 is 2.22 bits per heavy atom. The first-order chi connectivity index (χ1) is 8.54. The molecule has 0 atom stereocenters. The molecule has 6 heteroatoms. The fourth-order valence-corrected chi connectivity index (χ4v) is 2.12. The Kier molecular flexibility index (Phi) is 3.76. The predicted molar refractivity (Wildman–Crippen MR) is 73.1 cm³/mol. The van der Waals surface area contributed by atoms with Gasteiger partial charge in [-0.1, -0.05) is 13.8 Å². The Morgan fingerprint density at radius 1 is 1.44 bits per heavy atom. The molecule has 0 saturated heterocycles. The molecule has 2 aromatic rings. The minimum atomic E-state index is -0.134. The first kappa shape index (κ1) is 12.8. The Bertz CT molecular complexity index is 588. The maximum Gasteiger partial charge on any atom is 0.252 e. The highest BCUT2D eigenvalue weighted by Crippen LogP contribution is 2.11. The number of aryl methyl sites for hydroxylation is 1. The van der Waals surface area contributed by atoms with Crippen LogP contribution in [-0.4, -0.2) is 15.0 Å². The second-order valence-electron chi connectivity index (χ2n) is 4.38. The molecule has 5 nitrogen and oxygen atoms in total. The molecule has 2 aromatic heterocycles. The van der Waals surface area contributed by atoms with Gasteiger partial charge in [-0.3, -0.25) is 4.79 Å². The van der Waals surface area contributed by atoms with Crippen LogP contribution in [0.3, 0.4) is 0 Å². The average Bonchev–Trinajstić information content (AvgIpc) is 2.72. The zero-order chi connectivity index (χ0) is 13.1. The topological polar surface area (TPSA) is 70.7 Å². The van der Waals surface area contributed by atoms with Gasteiger partial charge in [0, 0.05) is 17.4 Å². The molecule has 0 aliphatic rings. The summed E-state index contributed by atoms with van der Waals surface area (Å²) in [5.41, 5.74) is 0.830. The summed E-state index contributed by atoms with van der Waals surface area (Å²) in [6.45, 7) is 6.53. The first-order valence-corrected chi connectivity index (χ1v) is 6.68. The molecule has 0 bridgehead atoms. The van der Waals surface area contributed by atoms with E-state index in [4.69, 9.17) is 0 Å². The third-order valence-corrected chi connectivity index (χ3v) is 3.25. The van der Waals surface area contributed by atoms with Crippen LogP contribution >= 0.6 is 11.3 Å². The van der Waals surface area contributed by atoms with Gasteiger partial charge in [-0.25, -0.2) is 9.97 Å². The lowest BCUT2D eigenvalue weighted by atomic mass is 10.2. The monoisotopic (exact) mass is 264 g/mol. The summed E-state index contributed by atoms with van der Waals surface area (Å²) < 4.78 is 0. The molecule has 0 saturated carbocycles. The number of H-pyrrole nitrogens is 1. The quantitative estimate of drug-likeness (QED) is 0.888. The molecule has 0 fully saturated rings. The Morgan fingerprint density at radius 3 is 2.83 bits per heavy atom. The summed E-state index contributed by atoms with van der Waals surface area (Å²) in [5.74, 6) is 1.48. The van der Waals surface area contributed by atoms with Crippen LogP contribution < -0.4 is 10.9 Å². The second kappa shape index (κ2) is 5.30. The van der Waals surface area contributed by atoms with E-state index in [1.165, 1.54) is 6.07 Å². The Hall–Kier alpha value is -1.69. The van der Waals surface area contributed by atoms with Gasteiger partial charge in [-0.2, -0.15) is 0 Å². The number of nitrogens with one attached hydrogen (secondary N) is 2. The molecule has 0 spiro atoms. The van der Waals surface area contributed by atoms with Gasteiger partial charge in [0.05, 0.1) is 17.2 Å². The normalized spacial score (nSPS) is 10.9. The van der Waals surface area contributed by atoms with Crippen LogP contribution in [0.1, 0.15) is 36.3 Å². The number of hydrogen-bond donors (Lipinski definition) is 2. The Labute approximate surface area is 109 Å². The van der Waals surface area contributed by atoms with Gasteiger partial charge < -0.3 is 10.3 Å². The van der Waals surface area contributed by atoms with E-state index in [1.807, 2.05) is 26.2 Å². The van der Waals surface area contributed by atoms with E-state index >= 15 is 0 Å². The number of aromatic amines is 1. The average molecular weight is 264 g/mol. The van der Waals surface area contributed by atoms with Crippen molar-refractivity contribution in [1.82, 2.24) is 15.0 Å². The highest BCUT2D eigenvalue weighted by atomic mass is 32.1. The lowest BCUT2D eigenvalue weighted by Gasteiger charge is -2.07. The highest BCUT2D eigenvalue weighted by Gasteiger charge is 2.05. The summed E-state index contributed by atoms with van der Waals surface area (Å²) in [5, 5.41) is 6.16. The first-order valence-electron chi connectivity index (χ1n) is 5.80. The molecule has 2 rings (SSSR count). The molecular formula is C12H16N4OS. The molecule has 0 amide bonds. The van der Waals surface area contributed by atoms with Crippen molar-refractivity contribution in [2.24, 2.45) is 0 Å². The second-order valence-corrected chi connectivity index (χ2v) is 5.44. The van der Waals surface area contributed by atoms with Crippen LogP contribution in [0.5, 0.6) is 0 Å². The lowest BCUT2D eigenvalue weighted by molar-refractivity contribution is 0.766. The molecule has 96 valence electrons. The summed E-state index contributed by atoms with van der Waals surface area (Å²) in [6, 6.07) is 1.46. The number of aromatic nitrogens is 3. The SMILES string of the molecule is Cc1nc(CNc2cc(=O)[nH]c(C(C)C)n2)cs1. The van der Waals surface area contributed by atoms with Crippen molar-refractivity contribution in [2.45, 2.75) is 33.2 Å². The van der Waals surface area contributed by atoms with Crippen molar-refractivity contribution >= 4 is 17.2 Å². The van der Waals surface area contributed by atoms with E-state index in [1.54, 1.807) is 11.3 Å². The van der Waals surface area contributed by atoms with E-state index in [0.29, 0.717) is 18.2 Å². The van der Waals surface area contributed by atoms with E-state index in [2.05, 4.69) is 20.3 Å². The van der Waals surface area contributed by atoms with E-state index < -0.39 is 0 Å². The number of nitrogens with zero attached hydrogens (tertiary/aromatic N) is 2. The van der Waals surface area contributed by atoms with Gasteiger partial charge in [0.2, 0.25) is 0 Å². The molecule has 0 radical (unpaired) electrons. The fourth-order valence-electron chi connectivity index (χ4n) is 1.51. The highest BCUT2D eigenvalue weighted by molar-refractivity contribution is 7.09. The van der Waals surface area contributed by atoms with Crippen LogP contribution in [0.25, 0.3) is 0 Å². The molecule has 0 aromatic carbocycles. The zero-order valence-electron chi connectivity index (χ0n) is 10.7. The van der Waals surface area contributed by atoms with Crippen LogP contribution in [0.4, 0.5) is 5.82 Å². The Balaban J connectivity index is 2.11. The summed E-state index contributed by atoms with van der Waals surface area (Å²) >= 11 is 1.61. The maximum atomic E-state index is 11.5. The van der Waals surface area contributed by atoms with Gasteiger partial charge in [0.25, 0.3) is 5.56 Å². The maximum absolute atomic E-state index is 11.5. The van der Waals surface area contributed by atoms with Crippen molar-refractivity contribution in [1.29, 1.82) is 0 Å². The minimum Gasteiger partial charge on any atom is -0.364 e. The minimum absolute atomic E-state index is 0.134. The smallest absolute Gasteiger partial charge is 0.252 e. The van der Waals surface area contributed by atoms with Gasteiger partial charge >= 0.3 is 0 Å². The molecular weight excluding hydrogens is 248 g/mol. The van der Waals surface area contributed by atoms with Gasteiger partial charge in [0.15, 0.2) is 0 Å². The third kappa shape index (κ3) is 3.16. The largest absolute Gasteiger partial charge is 0.364 e. The standard InChI is InChI=1S/C12H16N4OS/c1-7(2)12-15-10(4-11(17)16-12)13-5-9-6-18-8(3)14-9/h4,6-7H,5H2,1-3H3,(H2,13,15,16,17). The molecule has 0 aliphatic carbocycles. The van der Waals surface area contributed by atoms with E-state index in [0.717, 1.165) is 10.7 Å². The van der Waals surface area contributed by atoms with Crippen LogP contribution in [0.15, 0.2) is 16.2 Å². The van der Waals surface area contributed by atoms with Crippen molar-refractivity contribution in [3.63, 3.8) is 0 Å². The van der Waals surface area contributed by atoms with E-state index in [-0.39, 0.29) is 11.5 Å². The molecule has 2 heterocycles. The van der Waals surface area contributed by atoms with Gasteiger partial charge in [-0.15, -0.1) is 11.3 Å². The van der Waals surface area contributed by atoms with Crippen molar-refractivity contribution in [3.8, 4) is 0 Å². The van der Waals surface area contributed by atoms with Crippen molar-refractivity contribution in [2.75, 3.05) is 5.32 Å². The molecule has 0 unspecified atom stereocenters. The van der Waals surface area contributed by atoms with Crippen LogP contribution in [0.2, 0.25) is 0 Å². The van der Waals surface area contributed by atoms with E-state index in [9.17, 15) is 4.79 Å². The number of hydrogen-bond acceptors (Lipinski definition) is 5. The van der Waals surface area contributed by atoms with Gasteiger partial charge in [0.1, 0.15) is 11.6 Å². The number of rotatable bonds is 4. The lowest BCUT2D eigenvalue weighted by Crippen LogP contribution is -2.14. The fraction of sp³-hybridized carbons (Fsp3) is 0.417. The summed E-state index contributed by atoms with van der Waals surface area (Å²) in [4.78, 5) is 22.9. The molecule has 2 N–H and O–H groups in total. The predicted octanol–water partition coefficient (Wildman–Crippen LogP) is 2.27. The summed E-state index contributed by atoms with van der Waals surface area (Å²) in [7, 11) is 0. The number of thiazole rings is 1. The summed E-state index contributed by atoms with van der Waals surface area (Å²) in [6.07, 6.45) is 0. The van der Waals surface area contributed by atoms with Crippen molar-refractivity contribution in [3.05, 3.63) is 38.3 Å². The molecule has 0 aliphatic heterocycles. The van der Waals surface area contributed by atoms with Crippen LogP contribution in [-0.2, 0) is 6.54 Å². The molecule has 18 heavy (non-hydrogen) atoms. The van der Waals surface area contributed by atoms with Gasteiger partial charge in [-0.05, 0) is 6.92 Å². The van der Waals surface area contributed by atoms with Crippen molar-refractivity contribution < 1.29 is 0 Å². The third-order valence-electron chi connectivity index (χ3n) is 2.42. The zero-order valence-corrected chi connectivity index (χ0v) is 11.5. The van der Waals surface area contributed by atoms with Crippen LogP contribution in [0, 0.1) is 6.92 Å². The number of anilines is 1.